The summed E-state index contributed by atoms with van der Waals surface area (Å²) in [6.45, 7) is 4.47. The summed E-state index contributed by atoms with van der Waals surface area (Å²) >= 11 is 0. The van der Waals surface area contributed by atoms with Gasteiger partial charge < -0.3 is 14.8 Å². The molecule has 2 rings (SSSR count). The van der Waals surface area contributed by atoms with E-state index in [-0.39, 0.29) is 5.78 Å². The summed E-state index contributed by atoms with van der Waals surface area (Å²) in [4.78, 5) is 12.2. The van der Waals surface area contributed by atoms with Crippen LogP contribution in [0.5, 0.6) is 5.75 Å². The van der Waals surface area contributed by atoms with Gasteiger partial charge in [0.1, 0.15) is 5.75 Å². The van der Waals surface area contributed by atoms with Crippen molar-refractivity contribution in [3.8, 4) is 5.75 Å². The Morgan fingerprint density at radius 1 is 1.35 bits per heavy atom. The van der Waals surface area contributed by atoms with Crippen LogP contribution in [0.3, 0.4) is 0 Å². The number of ether oxygens (including phenoxy) is 2. The molecular formula is C16H23NO3. The van der Waals surface area contributed by atoms with Gasteiger partial charge in [-0.2, -0.15) is 0 Å². The summed E-state index contributed by atoms with van der Waals surface area (Å²) < 4.78 is 11.0. The monoisotopic (exact) mass is 277 g/mol. The molecule has 20 heavy (non-hydrogen) atoms. The number of benzene rings is 1. The van der Waals surface area contributed by atoms with E-state index < -0.39 is 0 Å². The number of carbonyl (C=O) groups excluding carboxylic acids is 1. The number of methoxy groups -OCH3 is 1. The van der Waals surface area contributed by atoms with E-state index in [1.807, 2.05) is 25.1 Å². The van der Waals surface area contributed by atoms with Crippen molar-refractivity contribution in [1.29, 1.82) is 0 Å². The van der Waals surface area contributed by atoms with E-state index in [2.05, 4.69) is 5.32 Å². The average molecular weight is 277 g/mol. The van der Waals surface area contributed by atoms with E-state index in [4.69, 9.17) is 9.47 Å². The van der Waals surface area contributed by atoms with Crippen molar-refractivity contribution < 1.29 is 14.3 Å². The molecule has 0 unspecified atom stereocenters. The Labute approximate surface area is 120 Å². The summed E-state index contributed by atoms with van der Waals surface area (Å²) in [5, 5.41) is 3.30. The zero-order valence-electron chi connectivity index (χ0n) is 12.3. The molecule has 0 amide bonds. The Bertz CT molecular complexity index is 453. The first-order valence-electron chi connectivity index (χ1n) is 7.21. The Kier molecular flexibility index (Phi) is 5.56. The van der Waals surface area contributed by atoms with Crippen LogP contribution in [-0.4, -0.2) is 38.7 Å². The predicted octanol–water partition coefficient (Wildman–Crippen LogP) is 2.35. The topological polar surface area (TPSA) is 47.6 Å². The second kappa shape index (κ2) is 7.41. The summed E-state index contributed by atoms with van der Waals surface area (Å²) in [6.07, 6.45) is 2.76. The van der Waals surface area contributed by atoms with Gasteiger partial charge in [0.15, 0.2) is 5.78 Å². The van der Waals surface area contributed by atoms with E-state index in [1.54, 1.807) is 7.11 Å². The van der Waals surface area contributed by atoms with Gasteiger partial charge in [0, 0.05) is 6.42 Å². The first-order valence-corrected chi connectivity index (χ1v) is 7.21. The Hall–Kier alpha value is -1.39. The number of Topliss-reactive ketones (excluding diaryl/α,β-unsaturated/α-hetero) is 1. The number of nitrogens with one attached hydrogen (secondary N) is 1. The lowest BCUT2D eigenvalue weighted by Gasteiger charge is -2.22. The van der Waals surface area contributed by atoms with Crippen LogP contribution in [0.15, 0.2) is 18.2 Å². The lowest BCUT2D eigenvalue weighted by molar-refractivity contribution is 0.0313. The molecule has 4 heteroatoms. The quantitative estimate of drug-likeness (QED) is 0.811. The van der Waals surface area contributed by atoms with Crippen LogP contribution in [0, 0.1) is 6.92 Å². The van der Waals surface area contributed by atoms with Crippen molar-refractivity contribution in [2.24, 2.45) is 0 Å². The van der Waals surface area contributed by atoms with Crippen LogP contribution >= 0.6 is 0 Å². The molecule has 1 heterocycles. The molecule has 0 aliphatic carbocycles. The number of hydrogen-bond donors (Lipinski definition) is 1. The fraction of sp³-hybridized carbons (Fsp3) is 0.562. The van der Waals surface area contributed by atoms with Gasteiger partial charge in [0.05, 0.1) is 25.4 Å². The van der Waals surface area contributed by atoms with Gasteiger partial charge in [-0.25, -0.2) is 0 Å². The van der Waals surface area contributed by atoms with Crippen molar-refractivity contribution in [2.75, 3.05) is 26.8 Å². The minimum absolute atomic E-state index is 0.0829. The Morgan fingerprint density at radius 3 is 2.80 bits per heavy atom. The average Bonchev–Trinajstić information content (AvgIpc) is 2.48. The molecule has 0 radical (unpaired) electrons. The van der Waals surface area contributed by atoms with Crippen LogP contribution in [0.25, 0.3) is 0 Å². The molecule has 1 aromatic rings. The number of hydrogen-bond acceptors (Lipinski definition) is 4. The largest absolute Gasteiger partial charge is 0.496 e. The third kappa shape index (κ3) is 4.05. The number of aryl methyl sites for hydroxylation is 1. The summed E-state index contributed by atoms with van der Waals surface area (Å²) in [6, 6.07) is 5.67. The molecule has 110 valence electrons. The smallest absolute Gasteiger partial charge is 0.168 e. The number of piperidine rings is 1. The highest BCUT2D eigenvalue weighted by Gasteiger charge is 2.16. The third-order valence-electron chi connectivity index (χ3n) is 3.62. The zero-order valence-corrected chi connectivity index (χ0v) is 12.3. The normalized spacial score (nSPS) is 16.1. The van der Waals surface area contributed by atoms with E-state index >= 15 is 0 Å². The highest BCUT2D eigenvalue weighted by Crippen LogP contribution is 2.21. The minimum atomic E-state index is 0.0829. The van der Waals surface area contributed by atoms with Gasteiger partial charge in [-0.15, -0.1) is 0 Å². The number of rotatable bonds is 6. The lowest BCUT2D eigenvalue weighted by atomic mass is 10.0. The molecule has 0 bridgehead atoms. The molecule has 0 atom stereocenters. The van der Waals surface area contributed by atoms with Gasteiger partial charge in [0.25, 0.3) is 0 Å². The fourth-order valence-corrected chi connectivity index (χ4v) is 2.45. The lowest BCUT2D eigenvalue weighted by Crippen LogP contribution is -2.32. The maximum atomic E-state index is 12.2. The van der Waals surface area contributed by atoms with Crippen LogP contribution in [-0.2, 0) is 4.74 Å². The molecule has 1 saturated heterocycles. The SMILES string of the molecule is COc1ccc(C)cc1C(=O)CCOC1CCNCC1. The molecule has 0 saturated carbocycles. The molecule has 1 aliphatic rings. The summed E-state index contributed by atoms with van der Waals surface area (Å²) in [5.41, 5.74) is 1.72. The second-order valence-corrected chi connectivity index (χ2v) is 5.20. The molecule has 1 fully saturated rings. The Balaban J connectivity index is 1.86. The molecule has 0 aromatic heterocycles. The fourth-order valence-electron chi connectivity index (χ4n) is 2.45. The summed E-state index contributed by atoms with van der Waals surface area (Å²) in [7, 11) is 1.59. The molecule has 1 aliphatic heterocycles. The van der Waals surface area contributed by atoms with Crippen LogP contribution in [0.1, 0.15) is 35.2 Å². The van der Waals surface area contributed by atoms with Gasteiger partial charge in [-0.05, 0) is 45.0 Å². The number of carbonyl (C=O) groups is 1. The maximum absolute atomic E-state index is 12.2. The predicted molar refractivity (Wildman–Crippen MR) is 78.5 cm³/mol. The van der Waals surface area contributed by atoms with Gasteiger partial charge >= 0.3 is 0 Å². The van der Waals surface area contributed by atoms with Gasteiger partial charge in [0.2, 0.25) is 0 Å². The Morgan fingerprint density at radius 2 is 2.10 bits per heavy atom. The van der Waals surface area contributed by atoms with E-state index in [0.29, 0.717) is 30.4 Å². The standard InChI is InChI=1S/C16H23NO3/c1-12-3-4-16(19-2)14(11-12)15(18)7-10-20-13-5-8-17-9-6-13/h3-4,11,13,17H,5-10H2,1-2H3. The van der Waals surface area contributed by atoms with Crippen molar-refractivity contribution in [3.63, 3.8) is 0 Å². The van der Waals surface area contributed by atoms with E-state index in [1.165, 1.54) is 0 Å². The van der Waals surface area contributed by atoms with Crippen LogP contribution in [0.2, 0.25) is 0 Å². The second-order valence-electron chi connectivity index (χ2n) is 5.20. The van der Waals surface area contributed by atoms with E-state index in [0.717, 1.165) is 31.5 Å². The van der Waals surface area contributed by atoms with Crippen molar-refractivity contribution in [2.45, 2.75) is 32.3 Å². The maximum Gasteiger partial charge on any atom is 0.168 e. The minimum Gasteiger partial charge on any atom is -0.496 e. The zero-order chi connectivity index (χ0) is 14.4. The molecule has 0 spiro atoms. The van der Waals surface area contributed by atoms with Gasteiger partial charge in [-0.1, -0.05) is 11.6 Å². The first kappa shape index (κ1) is 15.0. The van der Waals surface area contributed by atoms with E-state index in [9.17, 15) is 4.79 Å². The molecule has 1 N–H and O–H groups in total. The first-order chi connectivity index (χ1) is 9.70. The highest BCUT2D eigenvalue weighted by atomic mass is 16.5. The molecule has 1 aromatic carbocycles. The number of ketones is 1. The molecular weight excluding hydrogens is 254 g/mol. The van der Waals surface area contributed by atoms with Crippen LogP contribution in [0.4, 0.5) is 0 Å². The van der Waals surface area contributed by atoms with Gasteiger partial charge in [-0.3, -0.25) is 4.79 Å². The van der Waals surface area contributed by atoms with Crippen molar-refractivity contribution in [1.82, 2.24) is 5.32 Å². The molecule has 4 nitrogen and oxygen atoms in total. The highest BCUT2D eigenvalue weighted by molar-refractivity contribution is 5.98. The summed E-state index contributed by atoms with van der Waals surface area (Å²) in [5.74, 6) is 0.724. The third-order valence-corrected chi connectivity index (χ3v) is 3.62. The van der Waals surface area contributed by atoms with Crippen molar-refractivity contribution >= 4 is 5.78 Å². The van der Waals surface area contributed by atoms with Crippen LogP contribution < -0.4 is 10.1 Å². The van der Waals surface area contributed by atoms with Crippen molar-refractivity contribution in [3.05, 3.63) is 29.3 Å².